The lowest BCUT2D eigenvalue weighted by molar-refractivity contribution is 0.0419. The minimum atomic E-state index is -0.159. The second-order valence-corrected chi connectivity index (χ2v) is 4.21. The molecule has 0 aromatic carbocycles. The second kappa shape index (κ2) is 8.05. The summed E-state index contributed by atoms with van der Waals surface area (Å²) in [4.78, 5) is 0. The van der Waals surface area contributed by atoms with E-state index in [0.29, 0.717) is 6.54 Å². The third-order valence-electron chi connectivity index (χ3n) is 3.04. The molecule has 0 bridgehead atoms. The number of rotatable bonds is 9. The molecule has 0 rings (SSSR count). The summed E-state index contributed by atoms with van der Waals surface area (Å²) in [6.45, 7) is 5.85. The van der Waals surface area contributed by atoms with Gasteiger partial charge in [-0.1, -0.05) is 0 Å². The summed E-state index contributed by atoms with van der Waals surface area (Å²) in [7, 11) is 1.70. The lowest BCUT2D eigenvalue weighted by Gasteiger charge is -2.34. The fraction of sp³-hybridized carbons (Fsp3) is 1.00. The van der Waals surface area contributed by atoms with Gasteiger partial charge in [-0.3, -0.25) is 0 Å². The van der Waals surface area contributed by atoms with Crippen LogP contribution in [0, 0.1) is 0 Å². The number of hydrogen-bond donors (Lipinski definition) is 3. The Morgan fingerprint density at radius 3 is 2.53 bits per heavy atom. The van der Waals surface area contributed by atoms with Gasteiger partial charge in [0.1, 0.15) is 0 Å². The Labute approximate surface area is 93.2 Å². The topological polar surface area (TPSA) is 67.5 Å². The van der Waals surface area contributed by atoms with Gasteiger partial charge in [0, 0.05) is 20.3 Å². The van der Waals surface area contributed by atoms with Crippen molar-refractivity contribution >= 4 is 0 Å². The van der Waals surface area contributed by atoms with E-state index in [1.807, 2.05) is 6.92 Å². The molecule has 0 aliphatic heterocycles. The molecular formula is C11H26N2O2. The van der Waals surface area contributed by atoms with Crippen molar-refractivity contribution < 1.29 is 9.84 Å². The molecule has 0 aliphatic rings. The Morgan fingerprint density at radius 1 is 1.40 bits per heavy atom. The molecular weight excluding hydrogens is 192 g/mol. The first-order chi connectivity index (χ1) is 7.10. The molecule has 4 N–H and O–H groups in total. The van der Waals surface area contributed by atoms with Crippen LogP contribution in [0.5, 0.6) is 0 Å². The summed E-state index contributed by atoms with van der Waals surface area (Å²) < 4.78 is 5.30. The van der Waals surface area contributed by atoms with Gasteiger partial charge in [0.25, 0.3) is 0 Å². The monoisotopic (exact) mass is 218 g/mol. The first kappa shape index (κ1) is 14.8. The van der Waals surface area contributed by atoms with Crippen molar-refractivity contribution in [3.8, 4) is 0 Å². The standard InChI is InChI=1S/C11H26N2O2/c1-10(15-3)11(2,9-12)13-7-5-4-6-8-14/h10,13-14H,4-9,12H2,1-3H3. The highest BCUT2D eigenvalue weighted by Gasteiger charge is 2.28. The largest absolute Gasteiger partial charge is 0.396 e. The molecule has 92 valence electrons. The zero-order valence-corrected chi connectivity index (χ0v) is 10.3. The number of hydrogen-bond acceptors (Lipinski definition) is 4. The van der Waals surface area contributed by atoms with Crippen LogP contribution < -0.4 is 11.1 Å². The van der Waals surface area contributed by atoms with Gasteiger partial charge >= 0.3 is 0 Å². The van der Waals surface area contributed by atoms with Gasteiger partial charge in [0.05, 0.1) is 11.6 Å². The predicted octanol–water partition coefficient (Wildman–Crippen LogP) is 0.491. The van der Waals surface area contributed by atoms with E-state index in [9.17, 15) is 0 Å². The van der Waals surface area contributed by atoms with E-state index in [0.717, 1.165) is 25.8 Å². The van der Waals surface area contributed by atoms with Gasteiger partial charge in [0.2, 0.25) is 0 Å². The van der Waals surface area contributed by atoms with Gasteiger partial charge in [-0.05, 0) is 39.7 Å². The molecule has 0 saturated carbocycles. The van der Waals surface area contributed by atoms with Crippen LogP contribution in [-0.2, 0) is 4.74 Å². The van der Waals surface area contributed by atoms with Crippen molar-refractivity contribution in [2.75, 3.05) is 26.8 Å². The van der Waals surface area contributed by atoms with E-state index in [2.05, 4.69) is 12.2 Å². The van der Waals surface area contributed by atoms with Crippen molar-refractivity contribution in [2.45, 2.75) is 44.8 Å². The Morgan fingerprint density at radius 2 is 2.07 bits per heavy atom. The Hall–Kier alpha value is -0.160. The highest BCUT2D eigenvalue weighted by atomic mass is 16.5. The number of nitrogens with two attached hydrogens (primary N) is 1. The summed E-state index contributed by atoms with van der Waals surface area (Å²) in [6.07, 6.45) is 3.08. The van der Waals surface area contributed by atoms with E-state index in [1.54, 1.807) is 7.11 Å². The number of nitrogens with one attached hydrogen (secondary N) is 1. The fourth-order valence-corrected chi connectivity index (χ4v) is 1.43. The van der Waals surface area contributed by atoms with Crippen molar-refractivity contribution in [1.82, 2.24) is 5.32 Å². The molecule has 4 heteroatoms. The maximum atomic E-state index is 8.64. The molecule has 0 amide bonds. The van der Waals surface area contributed by atoms with Crippen LogP contribution >= 0.6 is 0 Å². The van der Waals surface area contributed by atoms with E-state index < -0.39 is 0 Å². The summed E-state index contributed by atoms with van der Waals surface area (Å²) >= 11 is 0. The normalized spacial score (nSPS) is 17.4. The molecule has 0 radical (unpaired) electrons. The van der Waals surface area contributed by atoms with E-state index in [-0.39, 0.29) is 18.2 Å². The summed E-state index contributed by atoms with van der Waals surface area (Å²) in [5.74, 6) is 0. The van der Waals surface area contributed by atoms with Crippen LogP contribution in [0.15, 0.2) is 0 Å². The van der Waals surface area contributed by atoms with Gasteiger partial charge in [-0.2, -0.15) is 0 Å². The first-order valence-electron chi connectivity index (χ1n) is 5.69. The molecule has 2 atom stereocenters. The zero-order chi connectivity index (χ0) is 11.7. The first-order valence-corrected chi connectivity index (χ1v) is 5.69. The Bertz CT molecular complexity index is 156. The molecule has 0 heterocycles. The molecule has 4 nitrogen and oxygen atoms in total. The maximum Gasteiger partial charge on any atom is 0.0734 e. The molecule has 15 heavy (non-hydrogen) atoms. The molecule has 0 fully saturated rings. The highest BCUT2D eigenvalue weighted by Crippen LogP contribution is 2.11. The molecule has 0 aromatic rings. The molecule has 0 saturated heterocycles. The van der Waals surface area contributed by atoms with Gasteiger partial charge < -0.3 is 20.9 Å². The average molecular weight is 218 g/mol. The van der Waals surface area contributed by atoms with Crippen LogP contribution in [0.4, 0.5) is 0 Å². The van der Waals surface area contributed by atoms with E-state index >= 15 is 0 Å². The van der Waals surface area contributed by atoms with Crippen LogP contribution in [-0.4, -0.2) is 43.6 Å². The Balaban J connectivity index is 3.78. The third-order valence-corrected chi connectivity index (χ3v) is 3.04. The summed E-state index contributed by atoms with van der Waals surface area (Å²) in [6, 6.07) is 0. The Kier molecular flexibility index (Phi) is 7.96. The number of aliphatic hydroxyl groups excluding tert-OH is 1. The van der Waals surface area contributed by atoms with Crippen LogP contribution in [0.2, 0.25) is 0 Å². The number of aliphatic hydroxyl groups is 1. The van der Waals surface area contributed by atoms with Crippen molar-refractivity contribution in [1.29, 1.82) is 0 Å². The SMILES string of the molecule is COC(C)C(C)(CN)NCCCCCO. The molecule has 0 aliphatic carbocycles. The predicted molar refractivity (Wildman–Crippen MR) is 62.9 cm³/mol. The number of unbranched alkanes of at least 4 members (excludes halogenated alkanes) is 2. The third kappa shape index (κ3) is 5.47. The van der Waals surface area contributed by atoms with Gasteiger partial charge in [-0.15, -0.1) is 0 Å². The lowest BCUT2D eigenvalue weighted by Crippen LogP contribution is -2.57. The zero-order valence-electron chi connectivity index (χ0n) is 10.3. The fourth-order valence-electron chi connectivity index (χ4n) is 1.43. The van der Waals surface area contributed by atoms with Gasteiger partial charge in [-0.25, -0.2) is 0 Å². The average Bonchev–Trinajstić information content (AvgIpc) is 2.27. The number of methoxy groups -OCH3 is 1. The van der Waals surface area contributed by atoms with Gasteiger partial charge in [0.15, 0.2) is 0 Å². The quantitative estimate of drug-likeness (QED) is 0.493. The smallest absolute Gasteiger partial charge is 0.0734 e. The number of ether oxygens (including phenoxy) is 1. The maximum absolute atomic E-state index is 8.64. The van der Waals surface area contributed by atoms with Crippen LogP contribution in [0.3, 0.4) is 0 Å². The minimum Gasteiger partial charge on any atom is -0.396 e. The summed E-state index contributed by atoms with van der Waals surface area (Å²) in [5.41, 5.74) is 5.58. The van der Waals surface area contributed by atoms with Crippen LogP contribution in [0.25, 0.3) is 0 Å². The van der Waals surface area contributed by atoms with Crippen LogP contribution in [0.1, 0.15) is 33.1 Å². The van der Waals surface area contributed by atoms with E-state index in [4.69, 9.17) is 15.6 Å². The summed E-state index contributed by atoms with van der Waals surface area (Å²) in [5, 5.41) is 12.1. The van der Waals surface area contributed by atoms with Crippen molar-refractivity contribution in [2.24, 2.45) is 5.73 Å². The highest BCUT2D eigenvalue weighted by molar-refractivity contribution is 4.90. The van der Waals surface area contributed by atoms with Crippen molar-refractivity contribution in [3.63, 3.8) is 0 Å². The lowest BCUT2D eigenvalue weighted by atomic mass is 9.95. The molecule has 2 unspecified atom stereocenters. The van der Waals surface area contributed by atoms with E-state index in [1.165, 1.54) is 0 Å². The second-order valence-electron chi connectivity index (χ2n) is 4.21. The van der Waals surface area contributed by atoms with Crippen molar-refractivity contribution in [3.05, 3.63) is 0 Å². The molecule has 0 spiro atoms. The minimum absolute atomic E-state index is 0.0975. The molecule has 0 aromatic heterocycles.